The molecular formula is C37H53N3O5. The number of carbonyl (C=O) groups excluding carboxylic acids is 2. The normalized spacial score (nSPS) is 16.5. The summed E-state index contributed by atoms with van der Waals surface area (Å²) in [5.74, 6) is 1.28. The number of allylic oxidation sites excluding steroid dienone is 4. The SMILES string of the molecule is CNC(=O)[C@H](O)[C@H](C)O.Cc1c(OCCC2CCCCC2)cccc1C1=CC=C([C@@H](C)NC=O)C=CC1.Cc1cccnc1C. The van der Waals surface area contributed by atoms with E-state index in [0.29, 0.717) is 0 Å². The van der Waals surface area contributed by atoms with E-state index in [0.717, 1.165) is 42.4 Å². The van der Waals surface area contributed by atoms with Crippen molar-refractivity contribution in [1.29, 1.82) is 0 Å². The summed E-state index contributed by atoms with van der Waals surface area (Å²) < 4.78 is 6.18. The number of aryl methyl sites for hydroxylation is 2. The molecule has 8 heteroatoms. The molecule has 1 aromatic heterocycles. The molecule has 0 spiro atoms. The molecule has 4 rings (SSSR count). The van der Waals surface area contributed by atoms with E-state index in [1.54, 1.807) is 0 Å². The van der Waals surface area contributed by atoms with Gasteiger partial charge in [0.15, 0.2) is 6.10 Å². The largest absolute Gasteiger partial charge is 0.493 e. The van der Waals surface area contributed by atoms with Crippen LogP contribution in [0.3, 0.4) is 0 Å². The molecule has 0 saturated heterocycles. The number of nitrogens with zero attached hydrogens (tertiary/aromatic N) is 1. The maximum Gasteiger partial charge on any atom is 0.251 e. The Morgan fingerprint density at radius 1 is 1.07 bits per heavy atom. The summed E-state index contributed by atoms with van der Waals surface area (Å²) in [5, 5.41) is 22.4. The Kier molecular flexibility index (Phi) is 16.9. The first-order chi connectivity index (χ1) is 21.6. The van der Waals surface area contributed by atoms with Crippen LogP contribution in [0.25, 0.3) is 5.57 Å². The number of aromatic nitrogens is 1. The van der Waals surface area contributed by atoms with Gasteiger partial charge in [0.05, 0.1) is 18.8 Å². The summed E-state index contributed by atoms with van der Waals surface area (Å²) in [5.41, 5.74) is 7.22. The van der Waals surface area contributed by atoms with Gasteiger partial charge in [-0.2, -0.15) is 0 Å². The monoisotopic (exact) mass is 619 g/mol. The Hall–Kier alpha value is -3.75. The third kappa shape index (κ3) is 13.0. The first-order valence-electron chi connectivity index (χ1n) is 16.0. The molecule has 4 N–H and O–H groups in total. The average molecular weight is 620 g/mol. The van der Waals surface area contributed by atoms with E-state index in [1.807, 2.05) is 26.1 Å². The summed E-state index contributed by atoms with van der Waals surface area (Å²) in [6.07, 6.45) is 17.8. The highest BCUT2D eigenvalue weighted by Gasteiger charge is 2.18. The fourth-order valence-electron chi connectivity index (χ4n) is 5.19. The standard InChI is InChI=1S/C25H33NO2.C7H9N.C5H11NO3/c1-19-24(23-11-6-10-22(14-15-23)20(2)26-18-27)12-7-13-25(19)28-17-16-21-8-4-3-5-9-21;1-6-4-3-5-8-7(6)2;1-3(7)4(8)5(9)6-2/h6-7,10,12-15,18,20-21H,3-5,8-9,11,16-17H2,1-2H3,(H,26,27);3-5H,1-2H3;3-4,7-8H,1-2H3,(H,6,9)/t20-;;3-,4+/m1.0/s1. The van der Waals surface area contributed by atoms with Crippen LogP contribution in [-0.4, -0.2) is 59.4 Å². The number of aliphatic hydroxyl groups excluding tert-OH is 2. The highest BCUT2D eigenvalue weighted by Crippen LogP contribution is 2.31. The van der Waals surface area contributed by atoms with Gasteiger partial charge in [-0.25, -0.2) is 0 Å². The summed E-state index contributed by atoms with van der Waals surface area (Å²) in [7, 11) is 1.40. The topological polar surface area (TPSA) is 121 Å². The lowest BCUT2D eigenvalue weighted by atomic mass is 9.87. The van der Waals surface area contributed by atoms with Crippen LogP contribution < -0.4 is 15.4 Å². The Labute approximate surface area is 269 Å². The predicted octanol–water partition coefficient (Wildman–Crippen LogP) is 5.92. The van der Waals surface area contributed by atoms with Gasteiger partial charge >= 0.3 is 0 Å². The van der Waals surface area contributed by atoms with Crippen molar-refractivity contribution in [1.82, 2.24) is 15.6 Å². The van der Waals surface area contributed by atoms with Crippen molar-refractivity contribution in [2.24, 2.45) is 5.92 Å². The van der Waals surface area contributed by atoms with Crippen LogP contribution in [0.2, 0.25) is 0 Å². The number of hydrogen-bond donors (Lipinski definition) is 4. The molecule has 1 saturated carbocycles. The summed E-state index contributed by atoms with van der Waals surface area (Å²) in [4.78, 5) is 25.2. The number of benzene rings is 1. The Balaban J connectivity index is 0.000000338. The molecule has 3 atom stereocenters. The van der Waals surface area contributed by atoms with Gasteiger partial charge in [0.25, 0.3) is 5.91 Å². The van der Waals surface area contributed by atoms with Gasteiger partial charge in [-0.15, -0.1) is 0 Å². The van der Waals surface area contributed by atoms with Crippen LogP contribution in [-0.2, 0) is 9.59 Å². The molecule has 2 aliphatic rings. The van der Waals surface area contributed by atoms with Crippen LogP contribution in [0, 0.1) is 26.7 Å². The number of amides is 2. The summed E-state index contributed by atoms with van der Waals surface area (Å²) in [6.45, 7) is 10.4. The lowest BCUT2D eigenvalue weighted by molar-refractivity contribution is -0.133. The fraction of sp³-hybridized carbons (Fsp3) is 0.486. The minimum Gasteiger partial charge on any atom is -0.493 e. The summed E-state index contributed by atoms with van der Waals surface area (Å²) in [6, 6.07) is 10.4. The number of carbonyl (C=O) groups is 2. The average Bonchev–Trinajstić information content (AvgIpc) is 3.30. The molecule has 8 nitrogen and oxygen atoms in total. The van der Waals surface area contributed by atoms with E-state index in [2.05, 4.69) is 78.0 Å². The summed E-state index contributed by atoms with van der Waals surface area (Å²) >= 11 is 0. The zero-order valence-corrected chi connectivity index (χ0v) is 27.9. The van der Waals surface area contributed by atoms with Gasteiger partial charge < -0.3 is 25.6 Å². The number of hydrogen-bond acceptors (Lipinski definition) is 6. The van der Waals surface area contributed by atoms with Crippen molar-refractivity contribution in [3.05, 3.63) is 88.8 Å². The predicted molar refractivity (Wildman–Crippen MR) is 182 cm³/mol. The number of pyridine rings is 1. The zero-order valence-electron chi connectivity index (χ0n) is 27.9. The van der Waals surface area contributed by atoms with Crippen LogP contribution in [0.5, 0.6) is 5.75 Å². The maximum absolute atomic E-state index is 10.7. The van der Waals surface area contributed by atoms with E-state index < -0.39 is 18.1 Å². The number of likely N-dealkylation sites (N-methyl/N-ethyl adjacent to an activating group) is 1. The fourth-order valence-corrected chi connectivity index (χ4v) is 5.19. The minimum absolute atomic E-state index is 0.0138. The van der Waals surface area contributed by atoms with E-state index in [-0.39, 0.29) is 6.04 Å². The van der Waals surface area contributed by atoms with Crippen molar-refractivity contribution in [2.45, 2.75) is 97.8 Å². The zero-order chi connectivity index (χ0) is 33.2. The Morgan fingerprint density at radius 3 is 2.38 bits per heavy atom. The smallest absolute Gasteiger partial charge is 0.251 e. The second kappa shape index (κ2) is 20.3. The molecule has 1 aromatic carbocycles. The molecule has 45 heavy (non-hydrogen) atoms. The number of nitrogens with one attached hydrogen (secondary N) is 2. The van der Waals surface area contributed by atoms with Crippen LogP contribution in [0.1, 0.15) is 81.2 Å². The molecule has 0 unspecified atom stereocenters. The first-order valence-corrected chi connectivity index (χ1v) is 16.0. The highest BCUT2D eigenvalue weighted by molar-refractivity contribution is 5.80. The van der Waals surface area contributed by atoms with Crippen molar-refractivity contribution in [3.63, 3.8) is 0 Å². The molecule has 2 aromatic rings. The van der Waals surface area contributed by atoms with Crippen molar-refractivity contribution in [2.75, 3.05) is 13.7 Å². The van der Waals surface area contributed by atoms with E-state index in [1.165, 1.54) is 74.8 Å². The molecule has 1 heterocycles. The molecular weight excluding hydrogens is 566 g/mol. The molecule has 2 amide bonds. The van der Waals surface area contributed by atoms with Gasteiger partial charge in [-0.05, 0) is 93.3 Å². The Morgan fingerprint density at radius 2 is 1.80 bits per heavy atom. The van der Waals surface area contributed by atoms with E-state index >= 15 is 0 Å². The van der Waals surface area contributed by atoms with Gasteiger partial charge in [-0.3, -0.25) is 14.6 Å². The minimum atomic E-state index is -1.31. The van der Waals surface area contributed by atoms with Crippen LogP contribution in [0.15, 0.2) is 66.4 Å². The number of aliphatic hydroxyl groups is 2. The molecule has 246 valence electrons. The molecule has 0 radical (unpaired) electrons. The van der Waals surface area contributed by atoms with Crippen LogP contribution >= 0.6 is 0 Å². The lowest BCUT2D eigenvalue weighted by Crippen LogP contribution is -2.39. The highest BCUT2D eigenvalue weighted by atomic mass is 16.5. The van der Waals surface area contributed by atoms with Gasteiger partial charge in [0.2, 0.25) is 6.41 Å². The molecule has 1 fully saturated rings. The second-order valence-electron chi connectivity index (χ2n) is 11.7. The van der Waals surface area contributed by atoms with E-state index in [9.17, 15) is 9.59 Å². The van der Waals surface area contributed by atoms with Gasteiger partial charge in [0.1, 0.15) is 5.75 Å². The third-order valence-electron chi connectivity index (χ3n) is 8.32. The van der Waals surface area contributed by atoms with Crippen molar-refractivity contribution >= 4 is 17.9 Å². The second-order valence-corrected chi connectivity index (χ2v) is 11.7. The number of ether oxygens (including phenoxy) is 1. The molecule has 2 aliphatic carbocycles. The maximum atomic E-state index is 10.7. The van der Waals surface area contributed by atoms with Gasteiger partial charge in [0, 0.05) is 18.9 Å². The van der Waals surface area contributed by atoms with Crippen LogP contribution in [0.4, 0.5) is 0 Å². The Bertz CT molecular complexity index is 1270. The number of rotatable bonds is 10. The van der Waals surface area contributed by atoms with E-state index in [4.69, 9.17) is 14.9 Å². The van der Waals surface area contributed by atoms with Crippen molar-refractivity contribution in [3.8, 4) is 5.75 Å². The van der Waals surface area contributed by atoms with Crippen molar-refractivity contribution < 1.29 is 24.5 Å². The molecule has 0 bridgehead atoms. The quantitative estimate of drug-likeness (QED) is 0.245. The lowest BCUT2D eigenvalue weighted by Gasteiger charge is -2.22. The first kappa shape index (κ1) is 37.4. The van der Waals surface area contributed by atoms with Gasteiger partial charge in [-0.1, -0.05) is 74.6 Å². The third-order valence-corrected chi connectivity index (χ3v) is 8.32. The molecule has 0 aliphatic heterocycles.